The van der Waals surface area contributed by atoms with Crippen LogP contribution in [0.4, 0.5) is 0 Å². The van der Waals surface area contributed by atoms with Gasteiger partial charge in [0.1, 0.15) is 23.3 Å². The maximum absolute atomic E-state index is 10.1. The molecule has 32 heavy (non-hydrogen) atoms. The van der Waals surface area contributed by atoms with Crippen molar-refractivity contribution in [2.75, 3.05) is 45.9 Å². The number of hydrogen-bond donors (Lipinski definition) is 0. The molecule has 0 aromatic carbocycles. The molecule has 1 saturated heterocycles. The van der Waals surface area contributed by atoms with Gasteiger partial charge in [-0.15, -0.1) is 11.3 Å². The van der Waals surface area contributed by atoms with Crippen molar-refractivity contribution < 1.29 is 4.74 Å². The summed E-state index contributed by atoms with van der Waals surface area (Å²) in [6.45, 7) is 10.8. The van der Waals surface area contributed by atoms with E-state index in [-0.39, 0.29) is 5.92 Å². The van der Waals surface area contributed by atoms with Gasteiger partial charge in [0.2, 0.25) is 0 Å². The lowest BCUT2D eigenvalue weighted by atomic mass is 9.73. The molecular formula is C24H30ClN5OS. The largest absolute Gasteiger partial charge is 0.491 e. The van der Waals surface area contributed by atoms with Crippen LogP contribution in [0.1, 0.15) is 36.4 Å². The SMILES string of the molecule is CC(C)C(C#N)(CCCN1CCN(CCOc2cncc(Cl)c2)CC1)c1ccc(C#N)s1. The number of aromatic nitrogens is 1. The minimum Gasteiger partial charge on any atom is -0.491 e. The predicted octanol–water partition coefficient (Wildman–Crippen LogP) is 4.56. The van der Waals surface area contributed by atoms with Gasteiger partial charge < -0.3 is 9.64 Å². The highest BCUT2D eigenvalue weighted by atomic mass is 35.5. The van der Waals surface area contributed by atoms with Crippen molar-refractivity contribution in [3.63, 3.8) is 0 Å². The van der Waals surface area contributed by atoms with Gasteiger partial charge in [-0.1, -0.05) is 25.4 Å². The van der Waals surface area contributed by atoms with Crippen LogP contribution in [0.25, 0.3) is 0 Å². The zero-order chi connectivity index (χ0) is 23.0. The third kappa shape index (κ3) is 6.21. The van der Waals surface area contributed by atoms with Crippen LogP contribution in [-0.4, -0.2) is 60.7 Å². The molecule has 0 saturated carbocycles. The smallest absolute Gasteiger partial charge is 0.139 e. The molecule has 6 nitrogen and oxygen atoms in total. The van der Waals surface area contributed by atoms with E-state index in [4.69, 9.17) is 21.6 Å². The van der Waals surface area contributed by atoms with Gasteiger partial charge in [-0.05, 0) is 37.4 Å². The molecule has 3 rings (SSSR count). The van der Waals surface area contributed by atoms with Crippen LogP contribution >= 0.6 is 22.9 Å². The Hall–Kier alpha value is -2.16. The highest BCUT2D eigenvalue weighted by Gasteiger charge is 2.37. The molecule has 2 aromatic heterocycles. The Morgan fingerprint density at radius 1 is 1.16 bits per heavy atom. The van der Waals surface area contributed by atoms with E-state index in [2.05, 4.69) is 40.8 Å². The van der Waals surface area contributed by atoms with Gasteiger partial charge in [0.25, 0.3) is 0 Å². The first-order chi connectivity index (χ1) is 15.5. The van der Waals surface area contributed by atoms with Crippen LogP contribution in [0.3, 0.4) is 0 Å². The number of ether oxygens (including phenoxy) is 1. The molecule has 170 valence electrons. The van der Waals surface area contributed by atoms with Crippen LogP contribution in [-0.2, 0) is 5.41 Å². The first kappa shape index (κ1) is 24.5. The van der Waals surface area contributed by atoms with Gasteiger partial charge in [0, 0.05) is 49.9 Å². The van der Waals surface area contributed by atoms with Crippen LogP contribution in [0, 0.1) is 28.6 Å². The average Bonchev–Trinajstić information content (AvgIpc) is 3.27. The first-order valence-electron chi connectivity index (χ1n) is 11.1. The summed E-state index contributed by atoms with van der Waals surface area (Å²) in [5, 5.41) is 19.8. The van der Waals surface area contributed by atoms with E-state index in [0.29, 0.717) is 22.3 Å². The van der Waals surface area contributed by atoms with Crippen molar-refractivity contribution in [1.82, 2.24) is 14.8 Å². The number of thiophene rings is 1. The van der Waals surface area contributed by atoms with Crippen LogP contribution in [0.2, 0.25) is 5.02 Å². The normalized spacial score (nSPS) is 16.9. The standard InChI is InChI=1S/C24H30ClN5OS/c1-19(2)24(18-27,23-5-4-22(15-26)32-23)6-3-7-29-8-10-30(11-9-29)12-13-31-21-14-20(25)16-28-17-21/h4-5,14,16-17,19H,3,6-13H2,1-2H3. The molecule has 0 N–H and O–H groups in total. The Kier molecular flexibility index (Phi) is 8.90. The Morgan fingerprint density at radius 2 is 1.88 bits per heavy atom. The summed E-state index contributed by atoms with van der Waals surface area (Å²) in [7, 11) is 0. The molecule has 0 radical (unpaired) electrons. The summed E-state index contributed by atoms with van der Waals surface area (Å²) in [5.74, 6) is 0.902. The zero-order valence-electron chi connectivity index (χ0n) is 18.8. The van der Waals surface area contributed by atoms with E-state index in [1.165, 1.54) is 11.3 Å². The lowest BCUT2D eigenvalue weighted by Gasteiger charge is -2.35. The maximum Gasteiger partial charge on any atom is 0.139 e. The predicted molar refractivity (Wildman–Crippen MR) is 128 cm³/mol. The number of nitriles is 2. The number of nitrogens with zero attached hydrogens (tertiary/aromatic N) is 5. The van der Waals surface area contributed by atoms with Gasteiger partial charge in [0.05, 0.1) is 22.7 Å². The molecule has 2 aromatic rings. The van der Waals surface area contributed by atoms with Crippen molar-refractivity contribution in [3.05, 3.63) is 45.4 Å². The van der Waals surface area contributed by atoms with Crippen molar-refractivity contribution in [2.24, 2.45) is 5.92 Å². The van der Waals surface area contributed by atoms with Crippen LogP contribution in [0.5, 0.6) is 5.75 Å². The average molecular weight is 472 g/mol. The summed E-state index contributed by atoms with van der Waals surface area (Å²) >= 11 is 7.40. The topological polar surface area (TPSA) is 76.2 Å². The Bertz CT molecular complexity index is 958. The van der Waals surface area contributed by atoms with Crippen molar-refractivity contribution in [3.8, 4) is 17.9 Å². The monoisotopic (exact) mass is 471 g/mol. The number of hydrogen-bond acceptors (Lipinski definition) is 7. The second kappa shape index (κ2) is 11.6. The minimum absolute atomic E-state index is 0.198. The highest BCUT2D eigenvalue weighted by molar-refractivity contribution is 7.12. The second-order valence-corrected chi connectivity index (χ2v) is 10.0. The molecule has 3 heterocycles. The van der Waals surface area contributed by atoms with E-state index < -0.39 is 5.41 Å². The molecule has 1 fully saturated rings. The molecule has 0 spiro atoms. The summed E-state index contributed by atoms with van der Waals surface area (Å²) in [5.41, 5.74) is -0.520. The first-order valence-corrected chi connectivity index (χ1v) is 12.3. The zero-order valence-corrected chi connectivity index (χ0v) is 20.3. The van der Waals surface area contributed by atoms with Crippen molar-refractivity contribution >= 4 is 22.9 Å². The Labute approximate surface area is 200 Å². The fourth-order valence-corrected chi connectivity index (χ4v) is 5.44. The third-order valence-electron chi connectivity index (χ3n) is 6.21. The fourth-order valence-electron chi connectivity index (χ4n) is 4.16. The number of pyridine rings is 1. The molecule has 1 atom stereocenters. The number of halogens is 1. The van der Waals surface area contributed by atoms with Gasteiger partial charge >= 0.3 is 0 Å². The number of rotatable bonds is 10. The van der Waals surface area contributed by atoms with Crippen LogP contribution < -0.4 is 4.74 Å². The van der Waals surface area contributed by atoms with Crippen molar-refractivity contribution in [1.29, 1.82) is 10.5 Å². The molecule has 0 amide bonds. The van der Waals surface area contributed by atoms with E-state index in [9.17, 15) is 5.26 Å². The molecule has 0 bridgehead atoms. The number of piperazine rings is 1. The summed E-state index contributed by atoms with van der Waals surface area (Å²) in [4.78, 5) is 10.6. The molecule has 1 aliphatic rings. The van der Waals surface area contributed by atoms with E-state index in [0.717, 1.165) is 57.0 Å². The second-order valence-electron chi connectivity index (χ2n) is 8.49. The van der Waals surface area contributed by atoms with E-state index in [1.54, 1.807) is 18.5 Å². The van der Waals surface area contributed by atoms with Gasteiger partial charge in [-0.3, -0.25) is 9.88 Å². The fraction of sp³-hybridized carbons (Fsp3) is 0.542. The molecular weight excluding hydrogens is 442 g/mol. The molecule has 1 unspecified atom stereocenters. The Morgan fingerprint density at radius 3 is 2.47 bits per heavy atom. The Balaban J connectivity index is 1.42. The lowest BCUT2D eigenvalue weighted by Crippen LogP contribution is -2.47. The third-order valence-corrected chi connectivity index (χ3v) is 7.58. The summed E-state index contributed by atoms with van der Waals surface area (Å²) < 4.78 is 5.75. The maximum atomic E-state index is 10.1. The minimum atomic E-state index is -0.520. The summed E-state index contributed by atoms with van der Waals surface area (Å²) in [6.07, 6.45) is 5.06. The van der Waals surface area contributed by atoms with Crippen LogP contribution in [0.15, 0.2) is 30.6 Å². The van der Waals surface area contributed by atoms with Gasteiger partial charge in [-0.25, -0.2) is 0 Å². The van der Waals surface area contributed by atoms with Gasteiger partial charge in [0.15, 0.2) is 0 Å². The molecule has 0 aliphatic carbocycles. The van der Waals surface area contributed by atoms with Crippen molar-refractivity contribution in [2.45, 2.75) is 32.1 Å². The van der Waals surface area contributed by atoms with E-state index >= 15 is 0 Å². The quantitative estimate of drug-likeness (QED) is 0.505. The summed E-state index contributed by atoms with van der Waals surface area (Å²) in [6, 6.07) is 10.4. The molecule has 1 aliphatic heterocycles. The highest BCUT2D eigenvalue weighted by Crippen LogP contribution is 2.40. The molecule has 8 heteroatoms. The lowest BCUT2D eigenvalue weighted by molar-refractivity contribution is 0.114. The van der Waals surface area contributed by atoms with Gasteiger partial charge in [-0.2, -0.15) is 10.5 Å². The van der Waals surface area contributed by atoms with E-state index in [1.807, 2.05) is 12.1 Å².